The Morgan fingerprint density at radius 1 is 1.04 bits per heavy atom. The third-order valence-electron chi connectivity index (χ3n) is 6.95. The van der Waals surface area contributed by atoms with Crippen molar-refractivity contribution in [3.63, 3.8) is 0 Å². The number of anilines is 2. The molecule has 0 spiro atoms. The largest absolute Gasteiger partial charge is 0.332 e. The fourth-order valence-corrected chi connectivity index (χ4v) is 6.44. The second-order valence-corrected chi connectivity index (χ2v) is 9.59. The van der Waals surface area contributed by atoms with Crippen molar-refractivity contribution in [1.82, 2.24) is 9.78 Å². The van der Waals surface area contributed by atoms with E-state index in [4.69, 9.17) is 17.3 Å². The number of nitrogens with one attached hydrogen (secondary N) is 2. The zero-order chi connectivity index (χ0) is 18.6. The van der Waals surface area contributed by atoms with Gasteiger partial charge in [0, 0.05) is 18.0 Å². The van der Waals surface area contributed by atoms with Gasteiger partial charge in [0.1, 0.15) is 0 Å². The van der Waals surface area contributed by atoms with Crippen molar-refractivity contribution in [3.8, 4) is 0 Å². The Kier molecular flexibility index (Phi) is 4.04. The van der Waals surface area contributed by atoms with E-state index in [1.165, 1.54) is 49.7 Å². The molecule has 4 fully saturated rings. The molecule has 0 aliphatic heterocycles. The first-order valence-corrected chi connectivity index (χ1v) is 10.6. The average Bonchev–Trinajstić information content (AvgIpc) is 3.05. The Morgan fingerprint density at radius 3 is 2.33 bits per heavy atom. The first-order chi connectivity index (χ1) is 13.0. The molecular weight excluding hydrogens is 352 g/mol. The summed E-state index contributed by atoms with van der Waals surface area (Å²) >= 11 is 5.52. The van der Waals surface area contributed by atoms with Crippen LogP contribution in [0.4, 0.5) is 11.5 Å². The summed E-state index contributed by atoms with van der Waals surface area (Å²) in [6.07, 6.45) is 10.5. The number of thiocarbonyl (C=S) groups is 1. The number of aryl methyl sites for hydroxylation is 2. The van der Waals surface area contributed by atoms with Gasteiger partial charge >= 0.3 is 0 Å². The van der Waals surface area contributed by atoms with Gasteiger partial charge in [-0.3, -0.25) is 4.68 Å². The van der Waals surface area contributed by atoms with Crippen molar-refractivity contribution < 1.29 is 0 Å². The van der Waals surface area contributed by atoms with Crippen LogP contribution in [0.2, 0.25) is 0 Å². The van der Waals surface area contributed by atoms with Crippen molar-refractivity contribution >= 4 is 28.8 Å². The van der Waals surface area contributed by atoms with Gasteiger partial charge in [0.15, 0.2) is 10.9 Å². The van der Waals surface area contributed by atoms with Crippen LogP contribution in [0.3, 0.4) is 0 Å². The van der Waals surface area contributed by atoms with Crippen molar-refractivity contribution in [2.45, 2.75) is 57.9 Å². The summed E-state index contributed by atoms with van der Waals surface area (Å²) in [5, 5.41) is 12.1. The Balaban J connectivity index is 1.29. The molecule has 4 saturated carbocycles. The number of rotatable bonds is 3. The summed E-state index contributed by atoms with van der Waals surface area (Å²) in [4.78, 5) is 0. The van der Waals surface area contributed by atoms with Gasteiger partial charge in [-0.05, 0) is 94.0 Å². The second-order valence-electron chi connectivity index (χ2n) is 9.18. The number of hydrogen-bond donors (Lipinski definition) is 2. The predicted octanol–water partition coefficient (Wildman–Crippen LogP) is 5.23. The molecule has 4 nitrogen and oxygen atoms in total. The quantitative estimate of drug-likeness (QED) is 0.715. The van der Waals surface area contributed by atoms with E-state index in [0.29, 0.717) is 5.11 Å². The van der Waals surface area contributed by atoms with Gasteiger partial charge in [-0.1, -0.05) is 17.7 Å². The smallest absolute Gasteiger partial charge is 0.176 e. The second kappa shape index (κ2) is 6.33. The number of hydrogen-bond acceptors (Lipinski definition) is 2. The molecule has 6 rings (SSSR count). The van der Waals surface area contributed by atoms with E-state index in [1.54, 1.807) is 0 Å². The lowest BCUT2D eigenvalue weighted by molar-refractivity contribution is -0.0492. The number of aromatic nitrogens is 2. The molecule has 5 heteroatoms. The van der Waals surface area contributed by atoms with Gasteiger partial charge in [0.25, 0.3) is 0 Å². The monoisotopic (exact) mass is 380 g/mol. The maximum Gasteiger partial charge on any atom is 0.176 e. The third kappa shape index (κ3) is 3.16. The minimum absolute atomic E-state index is 0.261. The van der Waals surface area contributed by atoms with Gasteiger partial charge in [0.05, 0.1) is 5.54 Å². The summed E-state index contributed by atoms with van der Waals surface area (Å²) in [5.41, 5.74) is 3.75. The molecule has 4 bridgehead atoms. The Bertz CT molecular complexity index is 849. The highest BCUT2D eigenvalue weighted by Gasteiger charge is 2.52. The maximum atomic E-state index is 5.52. The zero-order valence-corrected chi connectivity index (χ0v) is 17.0. The summed E-state index contributed by atoms with van der Waals surface area (Å²) in [6, 6.07) is 8.40. The van der Waals surface area contributed by atoms with Crippen molar-refractivity contribution in [1.29, 1.82) is 0 Å². The average molecular weight is 381 g/mol. The molecule has 4 aliphatic carbocycles. The zero-order valence-electron chi connectivity index (χ0n) is 16.2. The van der Waals surface area contributed by atoms with E-state index >= 15 is 0 Å². The molecule has 4 aliphatic rings. The van der Waals surface area contributed by atoms with E-state index in [0.717, 1.165) is 29.3 Å². The van der Waals surface area contributed by atoms with Gasteiger partial charge in [0.2, 0.25) is 0 Å². The molecule has 0 saturated heterocycles. The van der Waals surface area contributed by atoms with Crippen LogP contribution in [0.25, 0.3) is 0 Å². The minimum atomic E-state index is 0.261. The molecule has 0 radical (unpaired) electrons. The van der Waals surface area contributed by atoms with Crippen LogP contribution >= 0.6 is 12.2 Å². The highest BCUT2D eigenvalue weighted by Crippen LogP contribution is 2.58. The van der Waals surface area contributed by atoms with Crippen LogP contribution < -0.4 is 10.6 Å². The van der Waals surface area contributed by atoms with Crippen LogP contribution in [0.5, 0.6) is 0 Å². The predicted molar refractivity (Wildman–Crippen MR) is 114 cm³/mol. The number of benzene rings is 1. The highest BCUT2D eigenvalue weighted by molar-refractivity contribution is 7.80. The van der Waals surface area contributed by atoms with E-state index in [2.05, 4.69) is 59.6 Å². The lowest BCUT2D eigenvalue weighted by Crippen LogP contribution is -2.52. The molecule has 0 atom stereocenters. The Labute approximate surface area is 166 Å². The summed E-state index contributed by atoms with van der Waals surface area (Å²) in [6.45, 7) is 4.20. The van der Waals surface area contributed by atoms with E-state index in [1.807, 2.05) is 0 Å². The summed E-state index contributed by atoms with van der Waals surface area (Å²) in [5.74, 6) is 3.60. The van der Waals surface area contributed by atoms with Crippen LogP contribution in [0.1, 0.15) is 49.7 Å². The third-order valence-corrected chi connectivity index (χ3v) is 7.16. The topological polar surface area (TPSA) is 41.9 Å². The van der Waals surface area contributed by atoms with Crippen LogP contribution in [-0.4, -0.2) is 14.9 Å². The van der Waals surface area contributed by atoms with Crippen LogP contribution in [0.15, 0.2) is 30.5 Å². The maximum absolute atomic E-state index is 5.52. The Hall–Kier alpha value is -1.88. The van der Waals surface area contributed by atoms with Crippen molar-refractivity contribution in [2.75, 3.05) is 10.6 Å². The van der Waals surface area contributed by atoms with Crippen LogP contribution in [0, 0.1) is 31.6 Å². The highest BCUT2D eigenvalue weighted by atomic mass is 32.1. The van der Waals surface area contributed by atoms with Gasteiger partial charge in [-0.15, -0.1) is 0 Å². The molecule has 1 aromatic heterocycles. The molecule has 27 heavy (non-hydrogen) atoms. The fourth-order valence-electron chi connectivity index (χ4n) is 6.22. The van der Waals surface area contributed by atoms with Crippen LogP contribution in [-0.2, 0) is 5.54 Å². The van der Waals surface area contributed by atoms with E-state index in [-0.39, 0.29) is 5.54 Å². The number of nitrogens with zero attached hydrogens (tertiary/aromatic N) is 2. The first-order valence-electron chi connectivity index (χ1n) is 10.2. The summed E-state index contributed by atoms with van der Waals surface area (Å²) in [7, 11) is 0. The minimum Gasteiger partial charge on any atom is -0.332 e. The summed E-state index contributed by atoms with van der Waals surface area (Å²) < 4.78 is 2.26. The Morgan fingerprint density at radius 2 is 1.70 bits per heavy atom. The fraction of sp³-hybridized carbons (Fsp3) is 0.545. The lowest BCUT2D eigenvalue weighted by Gasteiger charge is -2.56. The lowest BCUT2D eigenvalue weighted by atomic mass is 9.53. The van der Waals surface area contributed by atoms with Gasteiger partial charge in [-0.25, -0.2) is 0 Å². The van der Waals surface area contributed by atoms with Crippen molar-refractivity contribution in [3.05, 3.63) is 41.6 Å². The van der Waals surface area contributed by atoms with E-state index in [9.17, 15) is 0 Å². The van der Waals surface area contributed by atoms with Crippen molar-refractivity contribution in [2.24, 2.45) is 17.8 Å². The molecule has 0 amide bonds. The molecule has 2 aromatic rings. The molecule has 0 unspecified atom stereocenters. The molecule has 1 aromatic carbocycles. The normalized spacial score (nSPS) is 31.1. The molecule has 1 heterocycles. The molecule has 2 N–H and O–H groups in total. The van der Waals surface area contributed by atoms with E-state index < -0.39 is 0 Å². The van der Waals surface area contributed by atoms with Gasteiger partial charge < -0.3 is 10.6 Å². The molecule has 142 valence electrons. The SMILES string of the molecule is Cc1ccc(NC(=S)Nc2ccn(C34CC5CC(CC(C5)C3)C4)n2)c(C)c1. The van der Waals surface area contributed by atoms with Gasteiger partial charge in [-0.2, -0.15) is 5.10 Å². The standard InChI is InChI=1S/C22H28N4S/c1-14-3-4-19(15(2)7-14)23-21(27)24-20-5-6-26(25-20)22-11-16-8-17(12-22)10-18(9-16)13-22/h3-7,16-18H,8-13H2,1-2H3,(H2,23,24,25,27). The molecular formula is C22H28N4S. The first kappa shape index (κ1) is 17.2.